The molecule has 0 aliphatic carbocycles. The zero-order valence-corrected chi connectivity index (χ0v) is 15.0. The van der Waals surface area contributed by atoms with Gasteiger partial charge in [0.2, 0.25) is 0 Å². The largest absolute Gasteiger partial charge is 4.00 e. The van der Waals surface area contributed by atoms with Crippen LogP contribution >= 0.6 is 0 Å². The zero-order valence-electron chi connectivity index (χ0n) is 8.53. The van der Waals surface area contributed by atoms with Gasteiger partial charge in [-0.05, 0) is 0 Å². The predicted octanol–water partition coefficient (Wildman–Crippen LogP) is -3.02. The van der Waals surface area contributed by atoms with Crippen molar-refractivity contribution in [2.45, 2.75) is 0 Å². The summed E-state index contributed by atoms with van der Waals surface area (Å²) in [5.74, 6) is 0. The zero-order chi connectivity index (χ0) is 8.49. The smallest absolute Gasteiger partial charge is 1.00 e. The van der Waals surface area contributed by atoms with Crippen LogP contribution in [0.1, 0.15) is 0 Å². The van der Waals surface area contributed by atoms with Crippen molar-refractivity contribution in [1.29, 1.82) is 0 Å². The second kappa shape index (κ2) is 21.1. The van der Waals surface area contributed by atoms with E-state index in [0.717, 1.165) is 0 Å². The summed E-state index contributed by atoms with van der Waals surface area (Å²) in [6.07, 6.45) is 0. The van der Waals surface area contributed by atoms with Crippen LogP contribution in [0.25, 0.3) is 0 Å². The van der Waals surface area contributed by atoms with E-state index in [2.05, 4.69) is 12.1 Å². The summed E-state index contributed by atoms with van der Waals surface area (Å²) < 4.78 is 0. The predicted molar refractivity (Wildman–Crippen MR) is 50.6 cm³/mol. The first-order chi connectivity index (χ1) is 6.00. The van der Waals surface area contributed by atoms with Gasteiger partial charge in [0.25, 0.3) is 0 Å². The number of rotatable bonds is 0. The first kappa shape index (κ1) is 25.6. The van der Waals surface area contributed by atoms with E-state index in [0.29, 0.717) is 0 Å². The molecule has 0 saturated carbocycles. The van der Waals surface area contributed by atoms with Gasteiger partial charge in [-0.25, -0.2) is 0 Å². The summed E-state index contributed by atoms with van der Waals surface area (Å²) in [5.41, 5.74) is 0. The van der Waals surface area contributed by atoms with Crippen LogP contribution in [-0.2, 0) is 52.4 Å². The number of hydrogen-bond acceptors (Lipinski definition) is 0. The second-order valence-electron chi connectivity index (χ2n) is 2.15. The Labute approximate surface area is 148 Å². The molecule has 0 N–H and O–H groups in total. The van der Waals surface area contributed by atoms with Crippen LogP contribution in [0.4, 0.5) is 0 Å². The summed E-state index contributed by atoms with van der Waals surface area (Å²) >= 11 is 0. The Morgan fingerprint density at radius 2 is 0.688 bits per heavy atom. The van der Waals surface area contributed by atoms with Crippen molar-refractivity contribution in [3.8, 4) is 0 Å². The van der Waals surface area contributed by atoms with Crippen molar-refractivity contribution in [1.82, 2.24) is 0 Å². The molecular weight excluding hydrogens is 397 g/mol. The average molecular weight is 408 g/mol. The molecule has 0 heterocycles. The molecule has 0 nitrogen and oxygen atoms in total. The van der Waals surface area contributed by atoms with Crippen molar-refractivity contribution >= 4 is 0 Å². The van der Waals surface area contributed by atoms with Gasteiger partial charge in [-0.3, -0.25) is 0 Å². The minimum absolute atomic E-state index is 0. The minimum atomic E-state index is 0. The number of halogens is 2. The monoisotopic (exact) mass is 404 g/mol. The standard InChI is InChI=1S/2C6H5.2ClH.2Zr/c2*1-2-4-6-5-3-1;;;;/h2*1-5H;2*1H;;/q2*-1;;;2*+4/p-2. The van der Waals surface area contributed by atoms with Crippen LogP contribution < -0.4 is 24.8 Å². The summed E-state index contributed by atoms with van der Waals surface area (Å²) in [6, 6.07) is 25.0. The third kappa shape index (κ3) is 17.2. The Kier molecular flexibility index (Phi) is 33.8. The van der Waals surface area contributed by atoms with Gasteiger partial charge in [-0.1, -0.05) is 0 Å². The molecule has 2 aromatic rings. The van der Waals surface area contributed by atoms with E-state index in [4.69, 9.17) is 0 Å². The maximum absolute atomic E-state index is 2.89. The van der Waals surface area contributed by atoms with Crippen molar-refractivity contribution in [3.05, 3.63) is 72.8 Å². The van der Waals surface area contributed by atoms with Gasteiger partial charge in [0.15, 0.2) is 0 Å². The normalized spacial score (nSPS) is 6.00. The SMILES string of the molecule is [Cl-].[Cl-].[Zr+4].[Zr+4].[c-]1ccccc1.[c-]1ccccc1. The molecule has 0 atom stereocenters. The molecule has 0 bridgehead atoms. The van der Waals surface area contributed by atoms with Crippen molar-refractivity contribution in [3.63, 3.8) is 0 Å². The van der Waals surface area contributed by atoms with Gasteiger partial charge in [0.05, 0.1) is 0 Å². The Bertz CT molecular complexity index is 192. The van der Waals surface area contributed by atoms with E-state index in [1.54, 1.807) is 0 Å². The molecule has 16 heavy (non-hydrogen) atoms. The van der Waals surface area contributed by atoms with Crippen molar-refractivity contribution in [2.24, 2.45) is 0 Å². The Morgan fingerprint density at radius 3 is 0.750 bits per heavy atom. The van der Waals surface area contributed by atoms with Crippen molar-refractivity contribution < 1.29 is 77.2 Å². The molecule has 4 heteroatoms. The van der Waals surface area contributed by atoms with E-state index in [9.17, 15) is 0 Å². The maximum Gasteiger partial charge on any atom is 4.00 e. The molecule has 0 saturated heterocycles. The van der Waals surface area contributed by atoms with E-state index in [1.165, 1.54) is 0 Å². The fourth-order valence-electron chi connectivity index (χ4n) is 0.684. The van der Waals surface area contributed by atoms with E-state index >= 15 is 0 Å². The van der Waals surface area contributed by atoms with Crippen LogP contribution in [0.15, 0.2) is 60.7 Å². The first-order valence-corrected chi connectivity index (χ1v) is 3.82. The Balaban J connectivity index is -0.0000000720. The summed E-state index contributed by atoms with van der Waals surface area (Å²) in [4.78, 5) is 0. The third-order valence-corrected chi connectivity index (χ3v) is 1.21. The van der Waals surface area contributed by atoms with E-state index in [-0.39, 0.29) is 77.2 Å². The molecule has 0 amide bonds. The van der Waals surface area contributed by atoms with E-state index < -0.39 is 0 Å². The Morgan fingerprint density at radius 1 is 0.438 bits per heavy atom. The molecule has 0 spiro atoms. The molecule has 0 aliphatic rings. The van der Waals surface area contributed by atoms with Crippen molar-refractivity contribution in [2.75, 3.05) is 0 Å². The number of hydrogen-bond donors (Lipinski definition) is 0. The van der Waals surface area contributed by atoms with Gasteiger partial charge in [-0.2, -0.15) is 72.8 Å². The molecule has 0 fully saturated rings. The van der Waals surface area contributed by atoms with Crippen LogP contribution in [0.3, 0.4) is 0 Å². The van der Waals surface area contributed by atoms with Crippen LogP contribution in [0, 0.1) is 12.1 Å². The molecule has 0 unspecified atom stereocenters. The quantitative estimate of drug-likeness (QED) is 0.408. The minimum Gasteiger partial charge on any atom is -1.00 e. The molecule has 2 rings (SSSR count). The van der Waals surface area contributed by atoms with Gasteiger partial charge < -0.3 is 24.8 Å². The molecule has 0 aromatic heterocycles. The fraction of sp³-hybridized carbons (Fsp3) is 0. The first-order valence-electron chi connectivity index (χ1n) is 3.82. The van der Waals surface area contributed by atoms with Gasteiger partial charge in [0.1, 0.15) is 0 Å². The van der Waals surface area contributed by atoms with E-state index in [1.807, 2.05) is 60.7 Å². The maximum atomic E-state index is 2.89. The van der Waals surface area contributed by atoms with Crippen LogP contribution in [0.5, 0.6) is 0 Å². The van der Waals surface area contributed by atoms with Gasteiger partial charge in [0, 0.05) is 0 Å². The van der Waals surface area contributed by atoms with Gasteiger partial charge >= 0.3 is 52.4 Å². The molecule has 76 valence electrons. The molecule has 0 aliphatic heterocycles. The third-order valence-electron chi connectivity index (χ3n) is 1.21. The number of benzene rings is 2. The molecular formula is C12H10Cl2Zr2+4. The summed E-state index contributed by atoms with van der Waals surface area (Å²) in [6.45, 7) is 0. The summed E-state index contributed by atoms with van der Waals surface area (Å²) in [5, 5.41) is 0. The average Bonchev–Trinajstić information content (AvgIpc) is 2.24. The fourth-order valence-corrected chi connectivity index (χ4v) is 0.684. The topological polar surface area (TPSA) is 0 Å². The Hall–Kier alpha value is 0.786. The molecule has 2 aromatic carbocycles. The summed E-state index contributed by atoms with van der Waals surface area (Å²) in [7, 11) is 0. The van der Waals surface area contributed by atoms with Gasteiger partial charge in [-0.15, -0.1) is 0 Å². The molecule has 0 radical (unpaired) electrons. The van der Waals surface area contributed by atoms with Crippen LogP contribution in [0.2, 0.25) is 0 Å². The second-order valence-corrected chi connectivity index (χ2v) is 2.15. The van der Waals surface area contributed by atoms with Crippen LogP contribution in [-0.4, -0.2) is 0 Å².